The molecule has 1 aromatic heterocycles. The highest BCUT2D eigenvalue weighted by Crippen LogP contribution is 2.42. The Bertz CT molecular complexity index is 805. The number of hydrogen-bond donors (Lipinski definition) is 2. The number of anilines is 2. The van der Waals surface area contributed by atoms with Gasteiger partial charge in [-0.05, 0) is 61.4 Å². The van der Waals surface area contributed by atoms with Gasteiger partial charge in [-0.2, -0.15) is 0 Å². The highest BCUT2D eigenvalue weighted by atomic mass is 32.1. The van der Waals surface area contributed by atoms with Crippen LogP contribution in [-0.4, -0.2) is 32.1 Å². The van der Waals surface area contributed by atoms with E-state index in [2.05, 4.69) is 33.8 Å². The summed E-state index contributed by atoms with van der Waals surface area (Å²) in [6.45, 7) is 3.95. The van der Waals surface area contributed by atoms with Crippen LogP contribution in [0.1, 0.15) is 42.2 Å². The number of hydrogen-bond acceptors (Lipinski definition) is 3. The average Bonchev–Trinajstić information content (AvgIpc) is 3.17. The van der Waals surface area contributed by atoms with Crippen molar-refractivity contribution < 1.29 is 9.69 Å². The van der Waals surface area contributed by atoms with E-state index in [1.54, 1.807) is 4.88 Å². The zero-order valence-electron chi connectivity index (χ0n) is 15.7. The molecule has 5 rings (SSSR count). The summed E-state index contributed by atoms with van der Waals surface area (Å²) in [4.78, 5) is 18.1. The van der Waals surface area contributed by atoms with Gasteiger partial charge in [0.1, 0.15) is 6.04 Å². The summed E-state index contributed by atoms with van der Waals surface area (Å²) in [5.74, 6) is 0.921. The molecule has 0 bridgehead atoms. The summed E-state index contributed by atoms with van der Waals surface area (Å²) in [7, 11) is 0. The number of thiophene rings is 1. The number of fused-ring (bicyclic) bond motifs is 1. The van der Waals surface area contributed by atoms with Crippen LogP contribution in [0, 0.1) is 5.92 Å². The predicted octanol–water partition coefficient (Wildman–Crippen LogP) is 2.88. The van der Waals surface area contributed by atoms with Crippen LogP contribution in [0.25, 0.3) is 0 Å². The maximum Gasteiger partial charge on any atom is 0.279 e. The second-order valence-corrected chi connectivity index (χ2v) is 9.24. The molecule has 2 aromatic rings. The Balaban J connectivity index is 1.23. The third-order valence-corrected chi connectivity index (χ3v) is 7.33. The lowest BCUT2D eigenvalue weighted by Crippen LogP contribution is -3.14. The Hall–Kier alpha value is -1.85. The first kappa shape index (κ1) is 17.3. The molecule has 1 saturated carbocycles. The largest absolute Gasteiger partial charge is 0.372 e. The lowest BCUT2D eigenvalue weighted by molar-refractivity contribution is -0.928. The molecular formula is C22H28N3OS+. The molecule has 1 aromatic carbocycles. The first-order chi connectivity index (χ1) is 13.3. The Morgan fingerprint density at radius 1 is 1.15 bits per heavy atom. The van der Waals surface area contributed by atoms with Gasteiger partial charge in [-0.15, -0.1) is 11.3 Å². The molecule has 0 spiro atoms. The number of carbonyl (C=O) groups excluding carboxylic acids is 1. The minimum absolute atomic E-state index is 0.142. The van der Waals surface area contributed by atoms with Crippen molar-refractivity contribution in [2.45, 2.75) is 38.1 Å². The van der Waals surface area contributed by atoms with Crippen LogP contribution in [0.2, 0.25) is 0 Å². The van der Waals surface area contributed by atoms with Crippen molar-refractivity contribution >= 4 is 28.6 Å². The summed E-state index contributed by atoms with van der Waals surface area (Å²) in [6.07, 6.45) is 6.33. The van der Waals surface area contributed by atoms with Gasteiger partial charge in [0.2, 0.25) is 0 Å². The van der Waals surface area contributed by atoms with Crippen molar-refractivity contribution in [3.8, 4) is 0 Å². The van der Waals surface area contributed by atoms with E-state index in [9.17, 15) is 4.79 Å². The third-order valence-electron chi connectivity index (χ3n) is 6.33. The fourth-order valence-corrected chi connectivity index (χ4v) is 5.77. The summed E-state index contributed by atoms with van der Waals surface area (Å²) in [5, 5.41) is 5.36. The van der Waals surface area contributed by atoms with Gasteiger partial charge in [-0.1, -0.05) is 0 Å². The van der Waals surface area contributed by atoms with E-state index < -0.39 is 0 Å². The lowest BCUT2D eigenvalue weighted by atomic mass is 9.96. The minimum atomic E-state index is 0.142. The van der Waals surface area contributed by atoms with Crippen molar-refractivity contribution in [2.24, 2.45) is 5.92 Å². The molecule has 3 heterocycles. The fraction of sp³-hybridized carbons (Fsp3) is 0.500. The summed E-state index contributed by atoms with van der Waals surface area (Å²) in [6, 6.07) is 11.2. The molecule has 4 nitrogen and oxygen atoms in total. The van der Waals surface area contributed by atoms with Crippen molar-refractivity contribution in [2.75, 3.05) is 36.4 Å². The molecule has 1 aliphatic carbocycles. The van der Waals surface area contributed by atoms with Gasteiger partial charge in [-0.3, -0.25) is 4.79 Å². The van der Waals surface area contributed by atoms with Crippen LogP contribution < -0.4 is 15.1 Å². The fourth-order valence-electron chi connectivity index (χ4n) is 4.84. The molecule has 1 amide bonds. The predicted molar refractivity (Wildman–Crippen MR) is 111 cm³/mol. The highest BCUT2D eigenvalue weighted by molar-refractivity contribution is 7.10. The number of benzene rings is 1. The van der Waals surface area contributed by atoms with E-state index in [-0.39, 0.29) is 5.91 Å². The number of carbonyl (C=O) groups is 1. The topological polar surface area (TPSA) is 36.8 Å². The summed E-state index contributed by atoms with van der Waals surface area (Å²) in [5.41, 5.74) is 3.70. The molecule has 27 heavy (non-hydrogen) atoms. The van der Waals surface area contributed by atoms with Crippen molar-refractivity contribution in [1.82, 2.24) is 0 Å². The first-order valence-electron chi connectivity index (χ1n) is 10.3. The Kier molecular flexibility index (Phi) is 4.66. The van der Waals surface area contributed by atoms with Gasteiger partial charge >= 0.3 is 0 Å². The number of rotatable bonds is 5. The highest BCUT2D eigenvalue weighted by Gasteiger charge is 2.43. The number of nitrogens with one attached hydrogen (secondary N) is 2. The van der Waals surface area contributed by atoms with Crippen LogP contribution in [-0.2, 0) is 11.2 Å². The van der Waals surface area contributed by atoms with E-state index in [4.69, 9.17) is 0 Å². The Morgan fingerprint density at radius 2 is 1.93 bits per heavy atom. The van der Waals surface area contributed by atoms with Crippen molar-refractivity contribution in [1.29, 1.82) is 0 Å². The summed E-state index contributed by atoms with van der Waals surface area (Å²) >= 11 is 1.89. The zero-order chi connectivity index (χ0) is 18.2. The maximum atomic E-state index is 12.7. The van der Waals surface area contributed by atoms with Crippen molar-refractivity contribution in [3.63, 3.8) is 0 Å². The molecule has 2 fully saturated rings. The second kappa shape index (κ2) is 7.28. The molecule has 142 valence electrons. The first-order valence-corrected chi connectivity index (χ1v) is 11.2. The SMILES string of the molecule is O=C(C[NH+]1CCc2sccc2[C@H]1C1CC1)Nc1ccc(N2CCCC2)cc1. The van der Waals surface area contributed by atoms with E-state index in [0.717, 1.165) is 37.7 Å². The molecular weight excluding hydrogens is 354 g/mol. The smallest absolute Gasteiger partial charge is 0.279 e. The van der Waals surface area contributed by atoms with Gasteiger partial charge in [0.25, 0.3) is 5.91 Å². The normalized spacial score (nSPS) is 24.7. The van der Waals surface area contributed by atoms with E-state index in [1.807, 2.05) is 23.5 Å². The van der Waals surface area contributed by atoms with Gasteiger partial charge in [-0.25, -0.2) is 0 Å². The molecule has 1 saturated heterocycles. The third kappa shape index (κ3) is 3.63. The summed E-state index contributed by atoms with van der Waals surface area (Å²) < 4.78 is 0. The maximum absolute atomic E-state index is 12.7. The molecule has 2 atom stereocenters. The van der Waals surface area contributed by atoms with Crippen LogP contribution in [0.4, 0.5) is 11.4 Å². The molecule has 3 aliphatic rings. The van der Waals surface area contributed by atoms with Crippen LogP contribution in [0.5, 0.6) is 0 Å². The number of amides is 1. The minimum Gasteiger partial charge on any atom is -0.372 e. The molecule has 2 N–H and O–H groups in total. The number of quaternary nitrogens is 1. The van der Waals surface area contributed by atoms with Crippen LogP contribution in [0.15, 0.2) is 35.7 Å². The Morgan fingerprint density at radius 3 is 2.67 bits per heavy atom. The standard InChI is InChI=1S/C22H27N3OS/c26-21(23-17-5-7-18(8-6-17)24-11-1-2-12-24)15-25-13-9-20-19(10-14-27-20)22(25)16-3-4-16/h5-8,10,14,16,22H,1-4,9,11-13,15H2,(H,23,26)/p+1/t22-/m1/s1. The van der Waals surface area contributed by atoms with E-state index in [1.165, 1.54) is 41.8 Å². The van der Waals surface area contributed by atoms with Crippen LogP contribution >= 0.6 is 11.3 Å². The van der Waals surface area contributed by atoms with Gasteiger partial charge < -0.3 is 15.1 Å². The van der Waals surface area contributed by atoms with Crippen LogP contribution in [0.3, 0.4) is 0 Å². The van der Waals surface area contributed by atoms with Gasteiger partial charge in [0, 0.05) is 47.2 Å². The molecule has 5 heteroatoms. The monoisotopic (exact) mass is 382 g/mol. The molecule has 1 unspecified atom stereocenters. The lowest BCUT2D eigenvalue weighted by Gasteiger charge is -2.32. The van der Waals surface area contributed by atoms with E-state index in [0.29, 0.717) is 12.6 Å². The van der Waals surface area contributed by atoms with Gasteiger partial charge in [0.05, 0.1) is 6.54 Å². The quantitative estimate of drug-likeness (QED) is 0.834. The van der Waals surface area contributed by atoms with Gasteiger partial charge in [0.15, 0.2) is 6.54 Å². The average molecular weight is 383 g/mol. The number of nitrogens with zero attached hydrogens (tertiary/aromatic N) is 1. The van der Waals surface area contributed by atoms with Crippen molar-refractivity contribution in [3.05, 3.63) is 46.2 Å². The van der Waals surface area contributed by atoms with E-state index >= 15 is 0 Å². The second-order valence-electron chi connectivity index (χ2n) is 8.24. The molecule has 2 aliphatic heterocycles. The zero-order valence-corrected chi connectivity index (χ0v) is 16.6. The molecule has 0 radical (unpaired) electrons. The Labute approximate surface area is 165 Å².